The summed E-state index contributed by atoms with van der Waals surface area (Å²) in [6.45, 7) is 0. The van der Waals surface area contributed by atoms with Crippen molar-refractivity contribution in [2.45, 2.75) is 0 Å². The van der Waals surface area contributed by atoms with Crippen LogP contribution in [0.15, 0.2) is 36.4 Å². The van der Waals surface area contributed by atoms with Crippen LogP contribution in [0.25, 0.3) is 22.1 Å². The van der Waals surface area contributed by atoms with Gasteiger partial charge in [-0.1, -0.05) is 0 Å². The Bertz CT molecular complexity index is 734. The molecule has 0 unspecified atom stereocenters. The number of nitrogens with zero attached hydrogens (tertiary/aromatic N) is 2. The molecule has 3 aromatic rings. The quantitative estimate of drug-likeness (QED) is 0.521. The summed E-state index contributed by atoms with van der Waals surface area (Å²) in [5, 5.41) is 0. The number of aromatic amines is 1. The van der Waals surface area contributed by atoms with Crippen LogP contribution in [0.1, 0.15) is 0 Å². The molecule has 0 aliphatic carbocycles. The first kappa shape index (κ1) is 10.8. The fraction of sp³-hybridized carbons (Fsp3) is 0.143. The lowest BCUT2D eigenvalue weighted by atomic mass is 10.2. The topological polar surface area (TPSA) is 56.3 Å². The third-order valence-corrected chi connectivity index (χ3v) is 3.03. The largest absolute Gasteiger partial charge is 0.399 e. The molecule has 3 rings (SSSR count). The smallest absolute Gasteiger partial charge is 0.230 e. The monoisotopic (exact) mass is 239 g/mol. The number of anilines is 2. The molecular weight excluding hydrogens is 224 g/mol. The van der Waals surface area contributed by atoms with Crippen molar-refractivity contribution in [3.05, 3.63) is 36.4 Å². The second kappa shape index (κ2) is 3.84. The van der Waals surface area contributed by atoms with Crippen LogP contribution < -0.4 is 15.6 Å². The summed E-state index contributed by atoms with van der Waals surface area (Å²) in [6.07, 6.45) is 0. The Balaban J connectivity index is 2.31. The molecule has 1 heterocycles. The van der Waals surface area contributed by atoms with E-state index >= 15 is 0 Å². The van der Waals surface area contributed by atoms with Gasteiger partial charge in [0.05, 0.1) is 0 Å². The van der Waals surface area contributed by atoms with Crippen molar-refractivity contribution in [1.82, 2.24) is 4.98 Å². The molecule has 0 atom stereocenters. The summed E-state index contributed by atoms with van der Waals surface area (Å²) in [5.41, 5.74) is 11.5. The van der Waals surface area contributed by atoms with E-state index in [2.05, 4.69) is 27.0 Å². The van der Waals surface area contributed by atoms with Crippen LogP contribution in [0, 0.1) is 0 Å². The molecule has 90 valence electrons. The molecule has 18 heavy (non-hydrogen) atoms. The molecule has 1 aromatic heterocycles. The Morgan fingerprint density at radius 2 is 1.67 bits per heavy atom. The molecular formula is C14H15N4+. The Hall–Kier alpha value is -2.36. The van der Waals surface area contributed by atoms with Gasteiger partial charge in [0.25, 0.3) is 0 Å². The van der Waals surface area contributed by atoms with Gasteiger partial charge in [-0.15, -0.1) is 0 Å². The van der Waals surface area contributed by atoms with Gasteiger partial charge in [-0.25, -0.2) is 9.97 Å². The second-order valence-corrected chi connectivity index (χ2v) is 4.61. The van der Waals surface area contributed by atoms with Gasteiger partial charge in [-0.3, -0.25) is 0 Å². The highest BCUT2D eigenvalue weighted by Crippen LogP contribution is 2.19. The van der Waals surface area contributed by atoms with Gasteiger partial charge < -0.3 is 10.6 Å². The van der Waals surface area contributed by atoms with Gasteiger partial charge in [0.1, 0.15) is 11.0 Å². The van der Waals surface area contributed by atoms with Gasteiger partial charge >= 0.3 is 0 Å². The summed E-state index contributed by atoms with van der Waals surface area (Å²) in [7, 11) is 4.04. The first-order valence-corrected chi connectivity index (χ1v) is 5.83. The van der Waals surface area contributed by atoms with E-state index in [1.165, 1.54) is 0 Å². The van der Waals surface area contributed by atoms with Crippen LogP contribution in [0.5, 0.6) is 0 Å². The lowest BCUT2D eigenvalue weighted by Crippen LogP contribution is -2.11. The average molecular weight is 239 g/mol. The van der Waals surface area contributed by atoms with Crippen molar-refractivity contribution in [2.24, 2.45) is 0 Å². The lowest BCUT2D eigenvalue weighted by Gasteiger charge is -2.11. The van der Waals surface area contributed by atoms with Crippen LogP contribution in [-0.4, -0.2) is 19.1 Å². The van der Waals surface area contributed by atoms with Gasteiger partial charge in [0.15, 0.2) is 0 Å². The summed E-state index contributed by atoms with van der Waals surface area (Å²) < 4.78 is 0. The minimum atomic E-state index is 0.728. The van der Waals surface area contributed by atoms with Crippen molar-refractivity contribution in [2.75, 3.05) is 24.7 Å². The van der Waals surface area contributed by atoms with Crippen LogP contribution in [-0.2, 0) is 0 Å². The molecule has 0 aliphatic heterocycles. The van der Waals surface area contributed by atoms with E-state index in [0.717, 1.165) is 33.4 Å². The summed E-state index contributed by atoms with van der Waals surface area (Å²) in [5.74, 6) is 0. The predicted octanol–water partition coefficient (Wildman–Crippen LogP) is 1.85. The maximum absolute atomic E-state index is 5.78. The Morgan fingerprint density at radius 3 is 2.39 bits per heavy atom. The molecule has 0 saturated carbocycles. The Morgan fingerprint density at radius 1 is 1.00 bits per heavy atom. The number of H-pyrrole nitrogens is 1. The summed E-state index contributed by atoms with van der Waals surface area (Å²) >= 11 is 0. The van der Waals surface area contributed by atoms with Crippen LogP contribution in [0.2, 0.25) is 0 Å². The molecule has 0 radical (unpaired) electrons. The van der Waals surface area contributed by atoms with Crippen LogP contribution in [0.3, 0.4) is 0 Å². The molecule has 3 N–H and O–H groups in total. The number of nitrogens with two attached hydrogens (primary N) is 1. The highest BCUT2D eigenvalue weighted by atomic mass is 15.1. The molecule has 0 saturated heterocycles. The van der Waals surface area contributed by atoms with Crippen LogP contribution in [0.4, 0.5) is 11.4 Å². The van der Waals surface area contributed by atoms with Crippen molar-refractivity contribution >= 4 is 33.4 Å². The second-order valence-electron chi connectivity index (χ2n) is 4.61. The van der Waals surface area contributed by atoms with E-state index in [-0.39, 0.29) is 0 Å². The molecule has 0 fully saturated rings. The van der Waals surface area contributed by atoms with Crippen molar-refractivity contribution in [3.63, 3.8) is 0 Å². The standard InChI is InChI=1S/C14H14N4/c1-18(2)10-4-6-12-14(8-10)17-13-7-9(15)3-5-11(13)16-12/h3-8H,15H2,1-2H3/p+1. The highest BCUT2D eigenvalue weighted by molar-refractivity contribution is 5.84. The van der Waals surface area contributed by atoms with Gasteiger partial charge in [-0.2, -0.15) is 0 Å². The number of benzene rings is 2. The number of aromatic nitrogens is 2. The number of hydrogen-bond donors (Lipinski definition) is 1. The maximum atomic E-state index is 5.78. The molecule has 2 aromatic carbocycles. The molecule has 0 spiro atoms. The third kappa shape index (κ3) is 1.72. The van der Waals surface area contributed by atoms with Gasteiger partial charge in [0.2, 0.25) is 11.0 Å². The summed E-state index contributed by atoms with van der Waals surface area (Å²) in [6, 6.07) is 11.9. The van der Waals surface area contributed by atoms with E-state index in [0.29, 0.717) is 0 Å². The zero-order valence-electron chi connectivity index (χ0n) is 10.4. The Labute approximate surface area is 105 Å². The minimum absolute atomic E-state index is 0.728. The lowest BCUT2D eigenvalue weighted by molar-refractivity contribution is -0.310. The normalized spacial score (nSPS) is 11.0. The molecule has 0 bridgehead atoms. The first-order valence-electron chi connectivity index (χ1n) is 5.83. The number of rotatable bonds is 1. The molecule has 4 heteroatoms. The number of hydrogen-bond acceptors (Lipinski definition) is 3. The van der Waals surface area contributed by atoms with E-state index < -0.39 is 0 Å². The SMILES string of the molecule is CN(C)c1ccc2[nH+]c3ccc(N)cc3nc2c1. The maximum Gasteiger partial charge on any atom is 0.230 e. The number of nitrogens with one attached hydrogen (secondary N) is 1. The number of fused-ring (bicyclic) bond motifs is 2. The zero-order chi connectivity index (χ0) is 12.7. The highest BCUT2D eigenvalue weighted by Gasteiger charge is 2.09. The minimum Gasteiger partial charge on any atom is -0.399 e. The van der Waals surface area contributed by atoms with Crippen molar-refractivity contribution < 1.29 is 4.98 Å². The van der Waals surface area contributed by atoms with E-state index in [4.69, 9.17) is 5.73 Å². The van der Waals surface area contributed by atoms with E-state index in [1.54, 1.807) is 0 Å². The predicted molar refractivity (Wildman–Crippen MR) is 74.5 cm³/mol. The number of nitrogen functional groups attached to an aromatic ring is 1. The van der Waals surface area contributed by atoms with Crippen molar-refractivity contribution in [3.8, 4) is 0 Å². The third-order valence-electron chi connectivity index (χ3n) is 3.03. The van der Waals surface area contributed by atoms with Gasteiger partial charge in [0, 0.05) is 37.6 Å². The fourth-order valence-corrected chi connectivity index (χ4v) is 2.02. The fourth-order valence-electron chi connectivity index (χ4n) is 2.02. The van der Waals surface area contributed by atoms with E-state index in [9.17, 15) is 0 Å². The van der Waals surface area contributed by atoms with E-state index in [1.807, 2.05) is 38.4 Å². The zero-order valence-corrected chi connectivity index (χ0v) is 10.4. The molecule has 4 nitrogen and oxygen atoms in total. The molecule has 0 amide bonds. The van der Waals surface area contributed by atoms with Gasteiger partial charge in [-0.05, 0) is 24.3 Å². The first-order chi connectivity index (χ1) is 8.63. The average Bonchev–Trinajstić information content (AvgIpc) is 2.35. The van der Waals surface area contributed by atoms with Crippen LogP contribution >= 0.6 is 0 Å². The van der Waals surface area contributed by atoms with Crippen molar-refractivity contribution in [1.29, 1.82) is 0 Å². The Kier molecular flexibility index (Phi) is 2.30. The molecule has 0 aliphatic rings. The summed E-state index contributed by atoms with van der Waals surface area (Å²) in [4.78, 5) is 10.1.